The standard InChI is InChI=1S/C20H24N2O3S/c1-16(2)12-14-21-20(23)18-8-10-19(11-9-18)22-26(24,25)15-13-17-6-4-3-5-7-17/h3-11,13,15-16,22H,12,14H2,1-2H3,(H,21,23)/b15-13+. The molecule has 0 saturated carbocycles. The minimum absolute atomic E-state index is 0.163. The molecule has 2 aromatic rings. The lowest BCUT2D eigenvalue weighted by Gasteiger charge is -2.08. The molecule has 0 aliphatic carbocycles. The van der Waals surface area contributed by atoms with Crippen molar-refractivity contribution in [3.63, 3.8) is 0 Å². The predicted octanol–water partition coefficient (Wildman–Crippen LogP) is 3.88. The van der Waals surface area contributed by atoms with Gasteiger partial charge in [-0.15, -0.1) is 0 Å². The Hall–Kier alpha value is -2.60. The molecular weight excluding hydrogens is 348 g/mol. The number of hydrogen-bond donors (Lipinski definition) is 2. The monoisotopic (exact) mass is 372 g/mol. The van der Waals surface area contributed by atoms with Crippen LogP contribution >= 0.6 is 0 Å². The first-order valence-electron chi connectivity index (χ1n) is 8.50. The summed E-state index contributed by atoms with van der Waals surface area (Å²) in [6.07, 6.45) is 2.44. The van der Waals surface area contributed by atoms with Crippen molar-refractivity contribution in [2.75, 3.05) is 11.3 Å². The number of nitrogens with one attached hydrogen (secondary N) is 2. The van der Waals surface area contributed by atoms with Crippen molar-refractivity contribution in [2.45, 2.75) is 20.3 Å². The Labute approximate surface area is 155 Å². The van der Waals surface area contributed by atoms with Crippen LogP contribution < -0.4 is 10.0 Å². The van der Waals surface area contributed by atoms with Crippen molar-refractivity contribution >= 4 is 27.7 Å². The lowest BCUT2D eigenvalue weighted by atomic mass is 10.1. The summed E-state index contributed by atoms with van der Waals surface area (Å²) in [6.45, 7) is 4.81. The molecule has 0 aromatic heterocycles. The number of benzene rings is 2. The van der Waals surface area contributed by atoms with Crippen molar-refractivity contribution in [3.05, 3.63) is 71.1 Å². The quantitative estimate of drug-likeness (QED) is 0.738. The van der Waals surface area contributed by atoms with Gasteiger partial charge in [-0.2, -0.15) is 0 Å². The van der Waals surface area contributed by atoms with Crippen molar-refractivity contribution in [1.82, 2.24) is 5.32 Å². The summed E-state index contributed by atoms with van der Waals surface area (Å²) in [5, 5.41) is 3.97. The maximum absolute atomic E-state index is 12.1. The topological polar surface area (TPSA) is 75.3 Å². The number of sulfonamides is 1. The minimum Gasteiger partial charge on any atom is -0.352 e. The fourth-order valence-corrected chi connectivity index (χ4v) is 3.07. The fraction of sp³-hybridized carbons (Fsp3) is 0.250. The molecule has 2 rings (SSSR count). The zero-order chi connectivity index (χ0) is 19.0. The van der Waals surface area contributed by atoms with E-state index in [1.165, 1.54) is 6.08 Å². The summed E-state index contributed by atoms with van der Waals surface area (Å²) in [4.78, 5) is 12.0. The van der Waals surface area contributed by atoms with E-state index in [-0.39, 0.29) is 5.91 Å². The molecule has 0 aliphatic heterocycles. The second-order valence-corrected chi connectivity index (χ2v) is 7.94. The van der Waals surface area contributed by atoms with E-state index < -0.39 is 10.0 Å². The summed E-state index contributed by atoms with van der Waals surface area (Å²) in [7, 11) is -3.62. The van der Waals surface area contributed by atoms with E-state index in [9.17, 15) is 13.2 Å². The van der Waals surface area contributed by atoms with Crippen LogP contribution in [0.5, 0.6) is 0 Å². The Morgan fingerprint density at radius 1 is 1.04 bits per heavy atom. The number of amides is 1. The van der Waals surface area contributed by atoms with Gasteiger partial charge in [0.05, 0.1) is 5.41 Å². The van der Waals surface area contributed by atoms with Gasteiger partial charge in [-0.1, -0.05) is 44.2 Å². The highest BCUT2D eigenvalue weighted by molar-refractivity contribution is 7.95. The van der Waals surface area contributed by atoms with E-state index in [0.717, 1.165) is 17.4 Å². The Morgan fingerprint density at radius 2 is 1.69 bits per heavy atom. The second kappa shape index (κ2) is 9.20. The zero-order valence-corrected chi connectivity index (χ0v) is 15.8. The van der Waals surface area contributed by atoms with Gasteiger partial charge in [-0.05, 0) is 48.2 Å². The maximum Gasteiger partial charge on any atom is 0.255 e. The van der Waals surface area contributed by atoms with Crippen LogP contribution in [0.1, 0.15) is 36.2 Å². The summed E-state index contributed by atoms with van der Waals surface area (Å²) in [6, 6.07) is 15.5. The maximum atomic E-state index is 12.1. The predicted molar refractivity (Wildman–Crippen MR) is 106 cm³/mol. The van der Waals surface area contributed by atoms with Gasteiger partial charge in [0.15, 0.2) is 0 Å². The summed E-state index contributed by atoms with van der Waals surface area (Å²) in [5.41, 5.74) is 1.70. The van der Waals surface area contributed by atoms with Crippen molar-refractivity contribution in [1.29, 1.82) is 0 Å². The number of carbonyl (C=O) groups excluding carboxylic acids is 1. The SMILES string of the molecule is CC(C)CCNC(=O)c1ccc(NS(=O)(=O)/C=C/c2ccccc2)cc1. The lowest BCUT2D eigenvalue weighted by Crippen LogP contribution is -2.25. The molecule has 0 aliphatic rings. The molecule has 1 amide bonds. The van der Waals surface area contributed by atoms with Crippen LogP contribution in [0.2, 0.25) is 0 Å². The van der Waals surface area contributed by atoms with Crippen LogP contribution in [0.15, 0.2) is 60.0 Å². The fourth-order valence-electron chi connectivity index (χ4n) is 2.20. The van der Waals surface area contributed by atoms with Crippen LogP contribution in [0.3, 0.4) is 0 Å². The molecule has 2 N–H and O–H groups in total. The molecule has 0 atom stereocenters. The molecule has 0 bridgehead atoms. The molecule has 26 heavy (non-hydrogen) atoms. The number of carbonyl (C=O) groups is 1. The Balaban J connectivity index is 1.95. The molecule has 0 heterocycles. The van der Waals surface area contributed by atoms with E-state index in [1.54, 1.807) is 24.3 Å². The van der Waals surface area contributed by atoms with Gasteiger partial charge in [-0.3, -0.25) is 9.52 Å². The highest BCUT2D eigenvalue weighted by Crippen LogP contribution is 2.13. The van der Waals surface area contributed by atoms with Gasteiger partial charge in [0, 0.05) is 17.8 Å². The number of hydrogen-bond acceptors (Lipinski definition) is 3. The molecule has 0 spiro atoms. The Kier molecular flexibility index (Phi) is 6.97. The zero-order valence-electron chi connectivity index (χ0n) is 15.0. The number of anilines is 1. The van der Waals surface area contributed by atoms with E-state index >= 15 is 0 Å². The Bertz CT molecular complexity index is 842. The smallest absolute Gasteiger partial charge is 0.255 e. The highest BCUT2D eigenvalue weighted by atomic mass is 32.2. The average Bonchev–Trinajstić information content (AvgIpc) is 2.61. The molecular formula is C20H24N2O3S. The molecule has 138 valence electrons. The van der Waals surface area contributed by atoms with Gasteiger partial charge in [0.1, 0.15) is 0 Å². The molecule has 5 nitrogen and oxygen atoms in total. The first-order chi connectivity index (χ1) is 12.4. The van der Waals surface area contributed by atoms with Crippen molar-refractivity contribution < 1.29 is 13.2 Å². The molecule has 2 aromatic carbocycles. The van der Waals surface area contributed by atoms with Gasteiger partial charge < -0.3 is 5.32 Å². The van der Waals surface area contributed by atoms with Crippen molar-refractivity contribution in [2.24, 2.45) is 5.92 Å². The van der Waals surface area contributed by atoms with Crippen LogP contribution in [0, 0.1) is 5.92 Å². The van der Waals surface area contributed by atoms with E-state index in [4.69, 9.17) is 0 Å². The van der Waals surface area contributed by atoms with Gasteiger partial charge in [0.25, 0.3) is 15.9 Å². The van der Waals surface area contributed by atoms with Crippen LogP contribution in [0.4, 0.5) is 5.69 Å². The summed E-state index contributed by atoms with van der Waals surface area (Å²) >= 11 is 0. The molecule has 0 radical (unpaired) electrons. The van der Waals surface area contributed by atoms with Gasteiger partial charge in [-0.25, -0.2) is 8.42 Å². The van der Waals surface area contributed by atoms with Crippen molar-refractivity contribution in [3.8, 4) is 0 Å². The molecule has 0 saturated heterocycles. The normalized spacial score (nSPS) is 11.7. The second-order valence-electron chi connectivity index (χ2n) is 6.38. The summed E-state index contributed by atoms with van der Waals surface area (Å²) < 4.78 is 26.7. The van der Waals surface area contributed by atoms with Gasteiger partial charge in [0.2, 0.25) is 0 Å². The molecule has 0 fully saturated rings. The minimum atomic E-state index is -3.62. The van der Waals surface area contributed by atoms with Crippen LogP contribution in [0.25, 0.3) is 6.08 Å². The van der Waals surface area contributed by atoms with Crippen LogP contribution in [-0.4, -0.2) is 20.9 Å². The molecule has 6 heteroatoms. The third-order valence-corrected chi connectivity index (χ3v) is 4.67. The first kappa shape index (κ1) is 19.7. The largest absolute Gasteiger partial charge is 0.352 e. The van der Waals surface area contributed by atoms with Crippen LogP contribution in [-0.2, 0) is 10.0 Å². The van der Waals surface area contributed by atoms with E-state index in [1.807, 2.05) is 30.3 Å². The average molecular weight is 372 g/mol. The van der Waals surface area contributed by atoms with E-state index in [0.29, 0.717) is 23.7 Å². The third kappa shape index (κ3) is 6.72. The third-order valence-electron chi connectivity index (χ3n) is 3.65. The lowest BCUT2D eigenvalue weighted by molar-refractivity contribution is 0.0952. The van der Waals surface area contributed by atoms with E-state index in [2.05, 4.69) is 23.9 Å². The summed E-state index contributed by atoms with van der Waals surface area (Å²) in [5.74, 6) is 0.361. The highest BCUT2D eigenvalue weighted by Gasteiger charge is 2.08. The van der Waals surface area contributed by atoms with Gasteiger partial charge >= 0.3 is 0 Å². The first-order valence-corrected chi connectivity index (χ1v) is 10.0. The number of rotatable bonds is 8. The molecule has 0 unspecified atom stereocenters. The Morgan fingerprint density at radius 3 is 2.31 bits per heavy atom.